The van der Waals surface area contributed by atoms with Gasteiger partial charge in [-0.05, 0) is 0 Å². The van der Waals surface area contributed by atoms with Crippen molar-refractivity contribution in [2.45, 2.75) is 0 Å². The van der Waals surface area contributed by atoms with Crippen molar-refractivity contribution in [2.24, 2.45) is 0 Å². The molecule has 0 rings (SSSR count). The van der Waals surface area contributed by atoms with Gasteiger partial charge in [0.2, 0.25) is 0 Å². The fourth-order valence-corrected chi connectivity index (χ4v) is 1.36. The van der Waals surface area contributed by atoms with E-state index in [1.807, 2.05) is 0 Å². The van der Waals surface area contributed by atoms with Crippen LogP contribution in [0.25, 0.3) is 0 Å². The highest BCUT2D eigenvalue weighted by Crippen LogP contribution is 1.76. The minimum absolute atomic E-state index is 1.18. The summed E-state index contributed by atoms with van der Waals surface area (Å²) in [4.78, 5) is 0. The Kier molecular flexibility index (Phi) is 8.57. The Labute approximate surface area is 84.5 Å². The van der Waals surface area contributed by atoms with Gasteiger partial charge in [-0.15, -0.1) is 0 Å². The van der Waals surface area contributed by atoms with Crippen molar-refractivity contribution < 1.29 is 0 Å². The van der Waals surface area contributed by atoms with Gasteiger partial charge in [0.1, 0.15) is 29.2 Å². The average Bonchev–Trinajstić information content (AvgIpc) is 2.13. The molecule has 0 aliphatic rings. The van der Waals surface area contributed by atoms with Crippen LogP contribution >= 0.6 is 0 Å². The molecule has 12 heteroatoms. The quantitative estimate of drug-likeness (QED) is 0.333. The van der Waals surface area contributed by atoms with Crippen LogP contribution < -0.4 is 0 Å². The standard InChI is InChI=1S/B10H14N2/c1-5-11(6-2)9-10-12(7-3)8-4/h5-10H,1-4H2. The van der Waals surface area contributed by atoms with E-state index in [0.717, 1.165) is 0 Å². The lowest BCUT2D eigenvalue weighted by molar-refractivity contribution is 1.11. The average molecular weight is 150 g/mol. The van der Waals surface area contributed by atoms with Crippen molar-refractivity contribution in [3.8, 4) is 0 Å². The summed E-state index contributed by atoms with van der Waals surface area (Å²) in [5.41, 5.74) is 0. The molecule has 0 N–H and O–H groups in total. The second-order valence-corrected chi connectivity index (χ2v) is 3.05. The number of rotatable bonds is 7. The zero-order valence-electron chi connectivity index (χ0n) is 9.14. The maximum absolute atomic E-state index is 2.47. The summed E-state index contributed by atoms with van der Waals surface area (Å²) in [7, 11) is 16.1. The molecule has 0 aromatic carbocycles. The van der Waals surface area contributed by atoms with Gasteiger partial charge < -0.3 is 9.27 Å². The summed E-state index contributed by atoms with van der Waals surface area (Å²) in [6.45, 7) is 0. The second kappa shape index (κ2) is 8.18. The largest absolute Gasteiger partial charge is 0.453 e. The molecule has 54 valence electrons. The van der Waals surface area contributed by atoms with Crippen molar-refractivity contribution >= 4 is 74.8 Å². The van der Waals surface area contributed by atoms with Crippen LogP contribution in [-0.2, 0) is 0 Å². The number of nitrogens with zero attached hydrogens (tertiary/aromatic N) is 2. The summed E-state index contributed by atoms with van der Waals surface area (Å²) in [5, 5.41) is 0. The Hall–Kier alpha value is 0.569. The van der Waals surface area contributed by atoms with Crippen molar-refractivity contribution in [3.63, 3.8) is 0 Å². The summed E-state index contributed by atoms with van der Waals surface area (Å²) in [6, 6.07) is 0. The van der Waals surface area contributed by atoms with Gasteiger partial charge in [0.25, 0.3) is 0 Å². The van der Waals surface area contributed by atoms with E-state index in [1.165, 1.54) is 43.8 Å². The van der Waals surface area contributed by atoms with Crippen LogP contribution in [0.4, 0.5) is 0 Å². The van der Waals surface area contributed by atoms with Gasteiger partial charge in [0.05, 0.1) is 30.9 Å². The highest BCUT2D eigenvalue weighted by molar-refractivity contribution is 7.17. The third-order valence-corrected chi connectivity index (χ3v) is 2.52. The van der Waals surface area contributed by atoms with Crippen LogP contribution in [0.15, 0.2) is 0 Å². The Balaban J connectivity index is 3.49. The molecule has 0 atom stereocenters. The van der Waals surface area contributed by atoms with Crippen LogP contribution in [0.2, 0.25) is 0 Å². The predicted molar refractivity (Wildman–Crippen MR) is 80.7 cm³/mol. The van der Waals surface area contributed by atoms with E-state index in [2.05, 4.69) is 40.2 Å². The van der Waals surface area contributed by atoms with E-state index in [1.54, 1.807) is 0 Å². The first kappa shape index (κ1) is 12.6. The van der Waals surface area contributed by atoms with E-state index in [-0.39, 0.29) is 0 Å². The fourth-order valence-electron chi connectivity index (χ4n) is 1.36. The maximum Gasteiger partial charge on any atom is 0.159 e. The summed E-state index contributed by atoms with van der Waals surface area (Å²) in [5.74, 6) is 0. The van der Waals surface area contributed by atoms with Crippen LogP contribution in [-0.4, -0.2) is 84.0 Å². The van der Waals surface area contributed by atoms with Gasteiger partial charge in [-0.2, -0.15) is 0 Å². The minimum atomic E-state index is 1.18. The van der Waals surface area contributed by atoms with E-state index >= 15 is 0 Å². The zero-order chi connectivity index (χ0) is 9.40. The Morgan fingerprint density at radius 1 is 0.583 bits per heavy atom. The van der Waals surface area contributed by atoms with Crippen molar-refractivity contribution in [1.29, 1.82) is 0 Å². The molecule has 2 nitrogen and oxygen atoms in total. The molecule has 0 bridgehead atoms. The van der Waals surface area contributed by atoms with Gasteiger partial charge in [-0.3, -0.25) is 0 Å². The van der Waals surface area contributed by atoms with Crippen LogP contribution in [0.1, 0.15) is 0 Å². The summed E-state index contributed by atoms with van der Waals surface area (Å²) < 4.78 is 4.94. The molecule has 0 amide bonds. The molecule has 0 heterocycles. The third-order valence-electron chi connectivity index (χ3n) is 2.52. The molecule has 0 aliphatic carbocycles. The lowest BCUT2D eigenvalue weighted by atomic mass is 9.34. The molecule has 0 saturated carbocycles. The highest BCUT2D eigenvalue weighted by Gasteiger charge is 2.07. The van der Waals surface area contributed by atoms with Gasteiger partial charge in [-0.25, -0.2) is 0 Å². The van der Waals surface area contributed by atoms with Crippen molar-refractivity contribution in [2.75, 3.05) is 0 Å². The van der Waals surface area contributed by atoms with Gasteiger partial charge in [0.15, 0.2) is 14.6 Å². The number of hydrogen-bond donors (Lipinski definition) is 0. The highest BCUT2D eigenvalue weighted by atomic mass is 14.9. The molecule has 12 heavy (non-hydrogen) atoms. The fraction of sp³-hybridized carbons (Fsp3) is 0. The topological polar surface area (TPSA) is 6.48 Å². The van der Waals surface area contributed by atoms with Gasteiger partial charge >= 0.3 is 0 Å². The van der Waals surface area contributed by atoms with E-state index in [9.17, 15) is 0 Å². The first-order valence-electron chi connectivity index (χ1n) is 5.23. The van der Waals surface area contributed by atoms with Gasteiger partial charge in [0, 0.05) is 0 Å². The summed E-state index contributed by atoms with van der Waals surface area (Å²) in [6.07, 6.45) is 0. The molecule has 0 radical (unpaired) electrons. The molecule has 0 aromatic heterocycles. The zero-order valence-corrected chi connectivity index (χ0v) is 9.14. The smallest absolute Gasteiger partial charge is 0.159 e. The molecule has 0 unspecified atom stereocenters. The lowest BCUT2D eigenvalue weighted by Gasteiger charge is -2.22. The molecule has 0 spiro atoms. The molecule has 0 saturated heterocycles. The monoisotopic (exact) mass is 152 g/mol. The molecular weight excluding hydrogens is 136 g/mol. The Morgan fingerprint density at radius 3 is 1.00 bits per heavy atom. The normalized spacial score (nSPS) is 9.17. The van der Waals surface area contributed by atoms with E-state index in [0.29, 0.717) is 0 Å². The van der Waals surface area contributed by atoms with Crippen LogP contribution in [0.5, 0.6) is 0 Å². The van der Waals surface area contributed by atoms with Crippen molar-refractivity contribution in [3.05, 3.63) is 0 Å². The second-order valence-electron chi connectivity index (χ2n) is 3.05. The summed E-state index contributed by atoms with van der Waals surface area (Å²) >= 11 is 0. The van der Waals surface area contributed by atoms with E-state index in [4.69, 9.17) is 0 Å². The van der Waals surface area contributed by atoms with Gasteiger partial charge in [-0.1, -0.05) is 0 Å². The Bertz CT molecular complexity index is 73.8. The minimum Gasteiger partial charge on any atom is -0.453 e. The third kappa shape index (κ3) is 5.26. The first-order valence-corrected chi connectivity index (χ1v) is 5.23. The maximum atomic E-state index is 2.47. The first-order chi connectivity index (χ1) is 5.78. The van der Waals surface area contributed by atoms with Crippen molar-refractivity contribution in [1.82, 2.24) is 9.27 Å². The number of hydrogen-bond acceptors (Lipinski definition) is 2. The van der Waals surface area contributed by atoms with E-state index < -0.39 is 0 Å². The molecular formula is H14B10N2. The SMILES string of the molecule is BBN(BB)BBN(BB)BB. The lowest BCUT2D eigenvalue weighted by Crippen LogP contribution is -2.47. The van der Waals surface area contributed by atoms with Crippen LogP contribution in [0.3, 0.4) is 0 Å². The molecule has 0 fully saturated rings. The molecule has 0 aromatic rings. The predicted octanol–water partition coefficient (Wildman–Crippen LogP) is -8.19. The van der Waals surface area contributed by atoms with Crippen LogP contribution in [0, 0.1) is 0 Å². The Morgan fingerprint density at radius 2 is 0.833 bits per heavy atom. The molecule has 0 aliphatic heterocycles.